The molecule has 1 heterocycles. The zero-order chi connectivity index (χ0) is 9.41. The van der Waals surface area contributed by atoms with Crippen LogP contribution in [-0.4, -0.2) is 32.1 Å². The quantitative estimate of drug-likeness (QED) is 0.609. The lowest BCUT2D eigenvalue weighted by atomic mass is 9.83. The van der Waals surface area contributed by atoms with Crippen molar-refractivity contribution in [1.82, 2.24) is 4.31 Å². The highest BCUT2D eigenvalue weighted by Gasteiger charge is 2.29. The highest BCUT2D eigenvalue weighted by atomic mass is 32.2. The van der Waals surface area contributed by atoms with Crippen molar-refractivity contribution >= 4 is 10.0 Å². The highest BCUT2D eigenvalue weighted by molar-refractivity contribution is 7.88. The molecule has 70 valence electrons. The average Bonchev–Trinajstić information content (AvgIpc) is 1.83. The molecule has 1 rings (SSSR count). The maximum absolute atomic E-state index is 11.1. The van der Waals surface area contributed by atoms with Gasteiger partial charge in [0.25, 0.3) is 0 Å². The first kappa shape index (κ1) is 9.99. The first-order chi connectivity index (χ1) is 5.31. The lowest BCUT2D eigenvalue weighted by Crippen LogP contribution is -2.40. The van der Waals surface area contributed by atoms with E-state index in [1.807, 2.05) is 0 Å². The third-order valence-electron chi connectivity index (χ3n) is 2.25. The molecule has 0 aromatic rings. The summed E-state index contributed by atoms with van der Waals surface area (Å²) >= 11 is 0. The van der Waals surface area contributed by atoms with Crippen molar-refractivity contribution in [2.75, 3.05) is 19.3 Å². The lowest BCUT2D eigenvalue weighted by Gasteiger charge is -2.35. The topological polar surface area (TPSA) is 37.4 Å². The molecule has 3 nitrogen and oxygen atoms in total. The van der Waals surface area contributed by atoms with Crippen molar-refractivity contribution < 1.29 is 8.42 Å². The summed E-state index contributed by atoms with van der Waals surface area (Å²) in [5, 5.41) is 0. The van der Waals surface area contributed by atoms with E-state index in [4.69, 9.17) is 0 Å². The molecule has 12 heavy (non-hydrogen) atoms. The summed E-state index contributed by atoms with van der Waals surface area (Å²) in [6.07, 6.45) is 2.74. The average molecular weight is 189 g/mol. The summed E-state index contributed by atoms with van der Waals surface area (Å²) in [5.74, 6) is 0. The minimum absolute atomic E-state index is 0.179. The van der Waals surface area contributed by atoms with Crippen LogP contribution in [0.3, 0.4) is 0 Å². The van der Waals surface area contributed by atoms with Gasteiger partial charge in [0.05, 0.1) is 6.26 Å². The first-order valence-corrected chi connectivity index (χ1v) is 5.82. The van der Waals surface area contributed by atoms with Gasteiger partial charge in [-0.3, -0.25) is 0 Å². The maximum Gasteiger partial charge on any atom is 0.211 e. The van der Waals surface area contributed by atoms with Crippen LogP contribution in [-0.2, 0) is 10.0 Å². The second-order valence-electron chi connectivity index (χ2n) is 3.66. The molecular formula is C8H15NO2S. The van der Waals surface area contributed by atoms with E-state index < -0.39 is 10.0 Å². The van der Waals surface area contributed by atoms with Gasteiger partial charge in [-0.15, -0.1) is 0 Å². The van der Waals surface area contributed by atoms with E-state index in [-0.39, 0.29) is 5.41 Å². The smallest absolute Gasteiger partial charge is 0.211 e. The number of hydrogen-bond acceptors (Lipinski definition) is 2. The fraction of sp³-hybridized carbons (Fsp3) is 0.750. The summed E-state index contributed by atoms with van der Waals surface area (Å²) in [5.41, 5.74) is -0.179. The molecule has 1 aliphatic heterocycles. The Hall–Kier alpha value is -0.0900. The minimum atomic E-state index is -3.00. The Bertz CT molecular complexity index is 246. The van der Waals surface area contributed by atoms with E-state index in [9.17, 15) is 8.42 Å². The predicted molar refractivity (Wildman–Crippen MR) is 48.8 cm³/mol. The summed E-state index contributed by atoms with van der Waals surface area (Å²) in [6.45, 7) is 8.95. The number of nitrogens with zero attached hydrogens (tertiary/aromatic N) is 1. The van der Waals surface area contributed by atoms with Crippen molar-refractivity contribution in [3.8, 4) is 0 Å². The normalized spacial score (nSPS) is 25.6. The van der Waals surface area contributed by atoms with Crippen LogP contribution in [0.25, 0.3) is 0 Å². The SMILES string of the molecule is [CH2]C1([CH2])CCN(S(C)(=O)=O)CC1. The van der Waals surface area contributed by atoms with Crippen LogP contribution >= 0.6 is 0 Å². The van der Waals surface area contributed by atoms with Gasteiger partial charge in [-0.05, 0) is 32.1 Å². The summed E-state index contributed by atoms with van der Waals surface area (Å²) in [7, 11) is -3.00. The monoisotopic (exact) mass is 189 g/mol. The van der Waals surface area contributed by atoms with Crippen molar-refractivity contribution in [2.24, 2.45) is 5.41 Å². The van der Waals surface area contributed by atoms with Gasteiger partial charge < -0.3 is 0 Å². The summed E-state index contributed by atoms with van der Waals surface area (Å²) in [4.78, 5) is 0. The Morgan fingerprint density at radius 2 is 1.67 bits per heavy atom. The Morgan fingerprint density at radius 1 is 1.25 bits per heavy atom. The largest absolute Gasteiger partial charge is 0.213 e. The van der Waals surface area contributed by atoms with Crippen LogP contribution < -0.4 is 0 Å². The molecule has 4 heteroatoms. The lowest BCUT2D eigenvalue weighted by molar-refractivity contribution is 0.248. The molecule has 0 saturated carbocycles. The first-order valence-electron chi connectivity index (χ1n) is 3.97. The van der Waals surface area contributed by atoms with Gasteiger partial charge in [0, 0.05) is 13.1 Å². The van der Waals surface area contributed by atoms with Crippen molar-refractivity contribution in [3.05, 3.63) is 13.8 Å². The number of hydrogen-bond donors (Lipinski definition) is 0. The third kappa shape index (κ3) is 2.45. The molecule has 0 N–H and O–H groups in total. The number of piperidine rings is 1. The summed E-state index contributed by atoms with van der Waals surface area (Å²) in [6, 6.07) is 0. The Kier molecular flexibility index (Phi) is 2.50. The van der Waals surface area contributed by atoms with E-state index in [0.29, 0.717) is 13.1 Å². The molecule has 0 atom stereocenters. The van der Waals surface area contributed by atoms with Crippen LogP contribution in [0.5, 0.6) is 0 Å². The maximum atomic E-state index is 11.1. The molecule has 0 bridgehead atoms. The molecule has 1 fully saturated rings. The molecular weight excluding hydrogens is 174 g/mol. The molecule has 0 aliphatic carbocycles. The van der Waals surface area contributed by atoms with Crippen molar-refractivity contribution in [2.45, 2.75) is 12.8 Å². The fourth-order valence-electron chi connectivity index (χ4n) is 1.29. The minimum Gasteiger partial charge on any atom is -0.213 e. The Labute approximate surface area is 74.8 Å². The van der Waals surface area contributed by atoms with Crippen LogP contribution in [0.4, 0.5) is 0 Å². The fourth-order valence-corrected chi connectivity index (χ4v) is 2.14. The van der Waals surface area contributed by atoms with Crippen LogP contribution in [0.2, 0.25) is 0 Å². The van der Waals surface area contributed by atoms with E-state index in [0.717, 1.165) is 12.8 Å². The van der Waals surface area contributed by atoms with Gasteiger partial charge in [0.15, 0.2) is 0 Å². The Balaban J connectivity index is 2.59. The predicted octanol–water partition coefficient (Wildman–Crippen LogP) is 0.696. The summed E-state index contributed by atoms with van der Waals surface area (Å²) < 4.78 is 23.7. The molecule has 0 amide bonds. The zero-order valence-corrected chi connectivity index (χ0v) is 8.23. The van der Waals surface area contributed by atoms with Crippen LogP contribution in [0, 0.1) is 19.3 Å². The molecule has 0 unspecified atom stereocenters. The second-order valence-corrected chi connectivity index (χ2v) is 5.64. The van der Waals surface area contributed by atoms with Gasteiger partial charge in [-0.2, -0.15) is 0 Å². The van der Waals surface area contributed by atoms with Crippen molar-refractivity contribution in [3.63, 3.8) is 0 Å². The molecule has 2 radical (unpaired) electrons. The Morgan fingerprint density at radius 3 is 2.00 bits per heavy atom. The number of rotatable bonds is 1. The zero-order valence-electron chi connectivity index (χ0n) is 7.41. The van der Waals surface area contributed by atoms with Gasteiger partial charge in [-0.25, -0.2) is 12.7 Å². The molecule has 1 saturated heterocycles. The van der Waals surface area contributed by atoms with E-state index >= 15 is 0 Å². The molecule has 1 aliphatic rings. The third-order valence-corrected chi connectivity index (χ3v) is 3.56. The molecule has 0 aromatic heterocycles. The molecule has 0 aromatic carbocycles. The van der Waals surface area contributed by atoms with Gasteiger partial charge in [0.2, 0.25) is 10.0 Å². The van der Waals surface area contributed by atoms with E-state index in [2.05, 4.69) is 13.8 Å². The number of sulfonamides is 1. The van der Waals surface area contributed by atoms with Gasteiger partial charge in [0.1, 0.15) is 0 Å². The second kappa shape index (κ2) is 3.00. The molecule has 0 spiro atoms. The van der Waals surface area contributed by atoms with Gasteiger partial charge >= 0.3 is 0 Å². The van der Waals surface area contributed by atoms with Gasteiger partial charge in [-0.1, -0.05) is 0 Å². The van der Waals surface area contributed by atoms with E-state index in [1.165, 1.54) is 10.6 Å². The van der Waals surface area contributed by atoms with Crippen LogP contribution in [0.15, 0.2) is 0 Å². The highest BCUT2D eigenvalue weighted by Crippen LogP contribution is 2.29. The van der Waals surface area contributed by atoms with Crippen LogP contribution in [0.1, 0.15) is 12.8 Å². The van der Waals surface area contributed by atoms with E-state index in [1.54, 1.807) is 0 Å². The standard InChI is InChI=1S/C8H15NO2S/c1-8(2)4-6-9(7-5-8)12(3,10)11/h1-2,4-7H2,3H3. The van der Waals surface area contributed by atoms with Crippen molar-refractivity contribution in [1.29, 1.82) is 0 Å².